The van der Waals surface area contributed by atoms with Crippen molar-refractivity contribution in [3.63, 3.8) is 0 Å². The first-order valence-electron chi connectivity index (χ1n) is 5.37. The Bertz CT molecular complexity index is 635. The van der Waals surface area contributed by atoms with Crippen LogP contribution in [0.1, 0.15) is 5.56 Å². The van der Waals surface area contributed by atoms with Gasteiger partial charge in [-0.15, -0.1) is 0 Å². The molecule has 0 aromatic heterocycles. The second-order valence-corrected chi connectivity index (χ2v) is 5.11. The molecule has 1 aromatic carbocycles. The van der Waals surface area contributed by atoms with Crippen molar-refractivity contribution in [2.45, 2.75) is 0 Å². The highest BCUT2D eigenvalue weighted by Crippen LogP contribution is 2.35. The van der Waals surface area contributed by atoms with Crippen molar-refractivity contribution in [3.05, 3.63) is 27.7 Å². The molecule has 0 aliphatic carbocycles. The monoisotopic (exact) mass is 356 g/mol. The van der Waals surface area contributed by atoms with Gasteiger partial charge in [0.25, 0.3) is 11.8 Å². The van der Waals surface area contributed by atoms with Crippen LogP contribution in [0, 0.1) is 0 Å². The fraction of sp³-hybridized carbons (Fsp3) is 0.0833. The second kappa shape index (κ2) is 5.59. The zero-order chi connectivity index (χ0) is 14.9. The minimum Gasteiger partial charge on any atom is -0.503 e. The van der Waals surface area contributed by atoms with Gasteiger partial charge in [0.15, 0.2) is 16.6 Å². The number of carbonyl (C=O) groups is 2. The van der Waals surface area contributed by atoms with Crippen LogP contribution >= 0.6 is 28.1 Å². The summed E-state index contributed by atoms with van der Waals surface area (Å²) in [7, 11) is 1.40. The van der Waals surface area contributed by atoms with Gasteiger partial charge in [-0.3, -0.25) is 20.2 Å². The highest BCUT2D eigenvalue weighted by molar-refractivity contribution is 9.10. The van der Waals surface area contributed by atoms with Crippen molar-refractivity contribution in [2.75, 3.05) is 7.11 Å². The molecule has 1 heterocycles. The first-order valence-corrected chi connectivity index (χ1v) is 6.57. The molecule has 3 N–H and O–H groups in total. The first-order chi connectivity index (χ1) is 9.42. The van der Waals surface area contributed by atoms with Gasteiger partial charge in [-0.25, -0.2) is 0 Å². The smallest absolute Gasteiger partial charge is 0.263 e. The maximum Gasteiger partial charge on any atom is 0.263 e. The molecule has 104 valence electrons. The van der Waals surface area contributed by atoms with E-state index in [-0.39, 0.29) is 22.2 Å². The van der Waals surface area contributed by atoms with E-state index in [1.165, 1.54) is 19.3 Å². The Morgan fingerprint density at radius 3 is 2.45 bits per heavy atom. The van der Waals surface area contributed by atoms with Crippen molar-refractivity contribution in [1.82, 2.24) is 10.6 Å². The molecule has 0 spiro atoms. The Morgan fingerprint density at radius 2 is 1.90 bits per heavy atom. The van der Waals surface area contributed by atoms with Crippen LogP contribution in [0.5, 0.6) is 11.5 Å². The number of thiocarbonyl (C=S) groups is 1. The van der Waals surface area contributed by atoms with Gasteiger partial charge >= 0.3 is 0 Å². The van der Waals surface area contributed by atoms with Crippen molar-refractivity contribution < 1.29 is 19.4 Å². The zero-order valence-corrected chi connectivity index (χ0v) is 12.6. The van der Waals surface area contributed by atoms with E-state index in [2.05, 4.69) is 26.6 Å². The third-order valence-electron chi connectivity index (χ3n) is 2.53. The summed E-state index contributed by atoms with van der Waals surface area (Å²) < 4.78 is 5.38. The molecular formula is C12H9BrN2O4S. The lowest BCUT2D eigenvalue weighted by Crippen LogP contribution is -2.51. The van der Waals surface area contributed by atoms with Crippen molar-refractivity contribution in [1.29, 1.82) is 0 Å². The van der Waals surface area contributed by atoms with E-state index in [1.807, 2.05) is 0 Å². The standard InChI is InChI=1S/C12H9BrN2O4S/c1-19-8-4-5(3-7(13)9(8)16)2-6-10(17)14-12(20)15-11(6)18/h2-4,16H,1H3,(H2,14,15,17,18,20). The van der Waals surface area contributed by atoms with Gasteiger partial charge in [-0.05, 0) is 51.9 Å². The number of hydrogen-bond acceptors (Lipinski definition) is 5. The van der Waals surface area contributed by atoms with E-state index in [0.717, 1.165) is 0 Å². The zero-order valence-electron chi connectivity index (χ0n) is 10.2. The molecule has 6 nitrogen and oxygen atoms in total. The van der Waals surface area contributed by atoms with E-state index in [1.54, 1.807) is 6.07 Å². The van der Waals surface area contributed by atoms with Crippen LogP contribution in [0.25, 0.3) is 6.08 Å². The number of amides is 2. The summed E-state index contributed by atoms with van der Waals surface area (Å²) in [6.45, 7) is 0. The van der Waals surface area contributed by atoms with Crippen molar-refractivity contribution >= 4 is 51.2 Å². The number of ether oxygens (including phenoxy) is 1. The number of halogens is 1. The molecule has 0 radical (unpaired) electrons. The van der Waals surface area contributed by atoms with Gasteiger partial charge in [-0.2, -0.15) is 0 Å². The lowest BCUT2D eigenvalue weighted by molar-refractivity contribution is -0.123. The molecule has 0 saturated carbocycles. The maximum absolute atomic E-state index is 11.7. The normalized spacial score (nSPS) is 14.7. The van der Waals surface area contributed by atoms with Crippen LogP contribution in [0.3, 0.4) is 0 Å². The molecule has 1 aromatic rings. The molecule has 2 amide bonds. The van der Waals surface area contributed by atoms with Crippen LogP contribution in [0.15, 0.2) is 22.2 Å². The molecule has 0 unspecified atom stereocenters. The quantitative estimate of drug-likeness (QED) is 0.419. The van der Waals surface area contributed by atoms with E-state index in [0.29, 0.717) is 10.0 Å². The summed E-state index contributed by atoms with van der Waals surface area (Å²) in [5.41, 5.74) is 0.429. The van der Waals surface area contributed by atoms with Crippen LogP contribution < -0.4 is 15.4 Å². The summed E-state index contributed by atoms with van der Waals surface area (Å²) in [5, 5.41) is 14.3. The van der Waals surface area contributed by atoms with Crippen LogP contribution in [-0.2, 0) is 9.59 Å². The predicted molar refractivity (Wildman–Crippen MR) is 79.2 cm³/mol. The molecule has 1 aliphatic rings. The Balaban J connectivity index is 2.45. The number of rotatable bonds is 2. The Hall–Kier alpha value is -1.93. The highest BCUT2D eigenvalue weighted by Gasteiger charge is 2.25. The van der Waals surface area contributed by atoms with Gasteiger partial charge in [-0.1, -0.05) is 0 Å². The minimum atomic E-state index is -0.582. The summed E-state index contributed by atoms with van der Waals surface area (Å²) in [5.74, 6) is -1.00. The number of benzene rings is 1. The third kappa shape index (κ3) is 2.81. The fourth-order valence-corrected chi connectivity index (χ4v) is 2.25. The molecular weight excluding hydrogens is 348 g/mol. The minimum absolute atomic E-state index is 0.0263. The summed E-state index contributed by atoms with van der Waals surface area (Å²) in [6, 6.07) is 3.05. The maximum atomic E-state index is 11.7. The number of methoxy groups -OCH3 is 1. The number of hydrogen-bond donors (Lipinski definition) is 3. The summed E-state index contributed by atoms with van der Waals surface area (Å²) in [4.78, 5) is 23.4. The number of phenolic OH excluding ortho intramolecular Hbond substituents is 1. The van der Waals surface area contributed by atoms with Crippen molar-refractivity contribution in [3.8, 4) is 11.5 Å². The highest BCUT2D eigenvalue weighted by atomic mass is 79.9. The largest absolute Gasteiger partial charge is 0.503 e. The van der Waals surface area contributed by atoms with Crippen LogP contribution in [0.2, 0.25) is 0 Å². The van der Waals surface area contributed by atoms with Crippen LogP contribution in [0.4, 0.5) is 0 Å². The van der Waals surface area contributed by atoms with E-state index >= 15 is 0 Å². The Morgan fingerprint density at radius 1 is 1.30 bits per heavy atom. The number of carbonyl (C=O) groups excluding carboxylic acids is 2. The SMILES string of the molecule is COc1cc(C=C2C(=O)NC(=S)NC2=O)cc(Br)c1O. The van der Waals surface area contributed by atoms with E-state index < -0.39 is 11.8 Å². The molecule has 1 aliphatic heterocycles. The predicted octanol–water partition coefficient (Wildman–Crippen LogP) is 1.08. The topological polar surface area (TPSA) is 87.7 Å². The van der Waals surface area contributed by atoms with E-state index in [4.69, 9.17) is 17.0 Å². The average Bonchev–Trinajstić information content (AvgIpc) is 2.37. The molecule has 1 saturated heterocycles. The number of nitrogens with one attached hydrogen (secondary N) is 2. The molecule has 8 heteroatoms. The third-order valence-corrected chi connectivity index (χ3v) is 3.33. The summed E-state index contributed by atoms with van der Waals surface area (Å²) in [6.07, 6.45) is 1.37. The second-order valence-electron chi connectivity index (χ2n) is 3.85. The van der Waals surface area contributed by atoms with Gasteiger partial charge in [0.2, 0.25) is 0 Å². The van der Waals surface area contributed by atoms with Crippen molar-refractivity contribution in [2.24, 2.45) is 0 Å². The first kappa shape index (κ1) is 14.5. The average molecular weight is 357 g/mol. The van der Waals surface area contributed by atoms with E-state index in [9.17, 15) is 14.7 Å². The Labute approximate surface area is 127 Å². The lowest BCUT2D eigenvalue weighted by Gasteiger charge is -2.16. The Kier molecular flexibility index (Phi) is 4.05. The molecule has 0 bridgehead atoms. The number of phenols is 1. The molecule has 20 heavy (non-hydrogen) atoms. The van der Waals surface area contributed by atoms with Gasteiger partial charge in [0.05, 0.1) is 11.6 Å². The lowest BCUT2D eigenvalue weighted by atomic mass is 10.1. The fourth-order valence-electron chi connectivity index (χ4n) is 1.61. The van der Waals surface area contributed by atoms with Gasteiger partial charge in [0, 0.05) is 0 Å². The molecule has 2 rings (SSSR count). The molecule has 1 fully saturated rings. The molecule has 0 atom stereocenters. The van der Waals surface area contributed by atoms with Gasteiger partial charge in [0.1, 0.15) is 5.57 Å². The van der Waals surface area contributed by atoms with Crippen LogP contribution in [-0.4, -0.2) is 29.1 Å². The number of aromatic hydroxyl groups is 1. The van der Waals surface area contributed by atoms with Gasteiger partial charge < -0.3 is 9.84 Å². The summed E-state index contributed by atoms with van der Waals surface area (Å²) >= 11 is 7.86.